The second kappa shape index (κ2) is 8.43. The van der Waals surface area contributed by atoms with Gasteiger partial charge in [0.2, 0.25) is 0 Å². The minimum absolute atomic E-state index is 0.569. The Morgan fingerprint density at radius 1 is 1.19 bits per heavy atom. The zero-order valence-corrected chi connectivity index (χ0v) is 13.9. The quantitative estimate of drug-likeness (QED) is 0.782. The maximum Gasteiger partial charge on any atom is 0.122 e. The molecular weight excluding hydrogens is 258 g/mol. The lowest BCUT2D eigenvalue weighted by molar-refractivity contribution is 0.271. The SMILES string of the molecule is CCCOc1ccccc1C1CCCCC1CNC(C)C. The highest BCUT2D eigenvalue weighted by Gasteiger charge is 2.28. The molecule has 2 heteroatoms. The largest absolute Gasteiger partial charge is 0.493 e. The number of ether oxygens (including phenoxy) is 1. The Labute approximate surface area is 130 Å². The molecule has 2 rings (SSSR count). The highest BCUT2D eigenvalue weighted by atomic mass is 16.5. The van der Waals surface area contributed by atoms with Gasteiger partial charge in [-0.05, 0) is 49.3 Å². The van der Waals surface area contributed by atoms with Crippen molar-refractivity contribution in [3.8, 4) is 5.75 Å². The number of hydrogen-bond acceptors (Lipinski definition) is 2. The molecule has 0 radical (unpaired) electrons. The van der Waals surface area contributed by atoms with Crippen molar-refractivity contribution in [3.05, 3.63) is 29.8 Å². The van der Waals surface area contributed by atoms with Gasteiger partial charge in [0.15, 0.2) is 0 Å². The summed E-state index contributed by atoms with van der Waals surface area (Å²) in [5, 5.41) is 3.64. The summed E-state index contributed by atoms with van der Waals surface area (Å²) in [7, 11) is 0. The first-order chi connectivity index (χ1) is 10.2. The van der Waals surface area contributed by atoms with Crippen LogP contribution in [-0.4, -0.2) is 19.2 Å². The molecule has 2 unspecified atom stereocenters. The second-order valence-electron chi connectivity index (χ2n) is 6.60. The minimum Gasteiger partial charge on any atom is -0.493 e. The van der Waals surface area contributed by atoms with Crippen LogP contribution in [0.4, 0.5) is 0 Å². The van der Waals surface area contributed by atoms with E-state index in [2.05, 4.69) is 50.4 Å². The Bertz CT molecular complexity index is 416. The lowest BCUT2D eigenvalue weighted by Crippen LogP contribution is -2.33. The highest BCUT2D eigenvalue weighted by molar-refractivity contribution is 5.37. The van der Waals surface area contributed by atoms with E-state index in [0.29, 0.717) is 12.0 Å². The number of benzene rings is 1. The van der Waals surface area contributed by atoms with Gasteiger partial charge in [0.25, 0.3) is 0 Å². The Balaban J connectivity index is 2.12. The first kappa shape index (κ1) is 16.4. The molecule has 2 nitrogen and oxygen atoms in total. The third-order valence-corrected chi connectivity index (χ3v) is 4.48. The summed E-state index contributed by atoms with van der Waals surface area (Å²) in [6, 6.07) is 9.25. The standard InChI is InChI=1S/C19H31NO/c1-4-13-21-19-12-8-7-11-18(19)17-10-6-5-9-16(17)14-20-15(2)3/h7-8,11-12,15-17,20H,4-6,9-10,13-14H2,1-3H3. The normalized spacial score (nSPS) is 22.5. The van der Waals surface area contributed by atoms with Crippen molar-refractivity contribution >= 4 is 0 Å². The van der Waals surface area contributed by atoms with Gasteiger partial charge in [0.05, 0.1) is 6.61 Å². The number of nitrogens with one attached hydrogen (secondary N) is 1. The number of hydrogen-bond donors (Lipinski definition) is 1. The maximum atomic E-state index is 5.99. The molecule has 0 amide bonds. The first-order valence-corrected chi connectivity index (χ1v) is 8.67. The summed E-state index contributed by atoms with van der Waals surface area (Å²) < 4.78 is 5.99. The van der Waals surface area contributed by atoms with Crippen molar-refractivity contribution in [2.24, 2.45) is 5.92 Å². The van der Waals surface area contributed by atoms with Crippen molar-refractivity contribution in [3.63, 3.8) is 0 Å². The van der Waals surface area contributed by atoms with E-state index in [-0.39, 0.29) is 0 Å². The van der Waals surface area contributed by atoms with Gasteiger partial charge in [-0.3, -0.25) is 0 Å². The van der Waals surface area contributed by atoms with Crippen molar-refractivity contribution in [2.75, 3.05) is 13.2 Å². The van der Waals surface area contributed by atoms with Gasteiger partial charge < -0.3 is 10.1 Å². The molecule has 118 valence electrons. The van der Waals surface area contributed by atoms with Crippen LogP contribution < -0.4 is 10.1 Å². The average molecular weight is 289 g/mol. The van der Waals surface area contributed by atoms with Crippen molar-refractivity contribution in [2.45, 2.75) is 64.8 Å². The molecule has 0 heterocycles. The van der Waals surface area contributed by atoms with Gasteiger partial charge in [-0.15, -0.1) is 0 Å². The summed E-state index contributed by atoms with van der Waals surface area (Å²) in [5.41, 5.74) is 1.43. The van der Waals surface area contributed by atoms with E-state index in [9.17, 15) is 0 Å². The van der Waals surface area contributed by atoms with Crippen LogP contribution in [0, 0.1) is 5.92 Å². The van der Waals surface area contributed by atoms with E-state index in [4.69, 9.17) is 4.74 Å². The van der Waals surface area contributed by atoms with E-state index >= 15 is 0 Å². The maximum absolute atomic E-state index is 5.99. The molecule has 0 saturated heterocycles. The fraction of sp³-hybridized carbons (Fsp3) is 0.684. The highest BCUT2D eigenvalue weighted by Crippen LogP contribution is 2.41. The zero-order valence-electron chi connectivity index (χ0n) is 13.9. The molecule has 0 spiro atoms. The van der Waals surface area contributed by atoms with Crippen LogP contribution in [0.25, 0.3) is 0 Å². The Morgan fingerprint density at radius 2 is 1.95 bits per heavy atom. The molecule has 0 aliphatic heterocycles. The van der Waals surface area contributed by atoms with Gasteiger partial charge in [-0.2, -0.15) is 0 Å². The fourth-order valence-electron chi connectivity index (χ4n) is 3.38. The van der Waals surface area contributed by atoms with Gasteiger partial charge in [-0.25, -0.2) is 0 Å². The topological polar surface area (TPSA) is 21.3 Å². The zero-order chi connectivity index (χ0) is 15.1. The van der Waals surface area contributed by atoms with Crippen LogP contribution in [-0.2, 0) is 0 Å². The van der Waals surface area contributed by atoms with Crippen molar-refractivity contribution in [1.82, 2.24) is 5.32 Å². The second-order valence-corrected chi connectivity index (χ2v) is 6.60. The summed E-state index contributed by atoms with van der Waals surface area (Å²) in [4.78, 5) is 0. The molecule has 0 aromatic heterocycles. The predicted molar refractivity (Wildman–Crippen MR) is 90.1 cm³/mol. The summed E-state index contributed by atoms with van der Waals surface area (Å²) in [6.45, 7) is 8.58. The van der Waals surface area contributed by atoms with Gasteiger partial charge in [0.1, 0.15) is 5.75 Å². The monoisotopic (exact) mass is 289 g/mol. The molecule has 2 atom stereocenters. The van der Waals surface area contributed by atoms with Crippen molar-refractivity contribution in [1.29, 1.82) is 0 Å². The number of rotatable bonds is 7. The third-order valence-electron chi connectivity index (χ3n) is 4.48. The summed E-state index contributed by atoms with van der Waals surface area (Å²) in [6.07, 6.45) is 6.44. The average Bonchev–Trinajstić information content (AvgIpc) is 2.51. The van der Waals surface area contributed by atoms with Crippen LogP contribution in [0.15, 0.2) is 24.3 Å². The van der Waals surface area contributed by atoms with Crippen LogP contribution in [0.1, 0.15) is 64.4 Å². The van der Waals surface area contributed by atoms with Gasteiger partial charge in [0, 0.05) is 6.04 Å². The molecule has 1 aromatic carbocycles. The molecule has 1 saturated carbocycles. The molecule has 21 heavy (non-hydrogen) atoms. The Kier molecular flexibility index (Phi) is 6.56. The van der Waals surface area contributed by atoms with Crippen molar-refractivity contribution < 1.29 is 4.74 Å². The van der Waals surface area contributed by atoms with Crippen LogP contribution >= 0.6 is 0 Å². The third kappa shape index (κ3) is 4.74. The molecule has 0 bridgehead atoms. The van der Waals surface area contributed by atoms with Crippen LogP contribution in [0.2, 0.25) is 0 Å². The van der Waals surface area contributed by atoms with E-state index in [1.165, 1.54) is 31.2 Å². The fourth-order valence-corrected chi connectivity index (χ4v) is 3.38. The van der Waals surface area contributed by atoms with Crippen LogP contribution in [0.3, 0.4) is 0 Å². The molecule has 1 aliphatic rings. The van der Waals surface area contributed by atoms with E-state index < -0.39 is 0 Å². The summed E-state index contributed by atoms with van der Waals surface area (Å²) in [5.74, 6) is 2.51. The Morgan fingerprint density at radius 3 is 2.71 bits per heavy atom. The lowest BCUT2D eigenvalue weighted by atomic mass is 9.75. The molecule has 1 aromatic rings. The van der Waals surface area contributed by atoms with Gasteiger partial charge in [-0.1, -0.05) is 51.8 Å². The van der Waals surface area contributed by atoms with Crippen LogP contribution in [0.5, 0.6) is 5.75 Å². The minimum atomic E-state index is 0.569. The summed E-state index contributed by atoms with van der Waals surface area (Å²) >= 11 is 0. The Hall–Kier alpha value is -1.02. The van der Waals surface area contributed by atoms with E-state index in [1.54, 1.807) is 0 Å². The lowest BCUT2D eigenvalue weighted by Gasteiger charge is -2.33. The molecule has 1 N–H and O–H groups in total. The first-order valence-electron chi connectivity index (χ1n) is 8.67. The van der Waals surface area contributed by atoms with Gasteiger partial charge >= 0.3 is 0 Å². The number of para-hydroxylation sites is 1. The van der Waals surface area contributed by atoms with E-state index in [0.717, 1.165) is 31.2 Å². The molecular formula is C19H31NO. The smallest absolute Gasteiger partial charge is 0.122 e. The predicted octanol–water partition coefficient (Wildman–Crippen LogP) is 4.75. The molecule has 1 aliphatic carbocycles. The molecule has 1 fully saturated rings. The van der Waals surface area contributed by atoms with E-state index in [1.807, 2.05) is 0 Å².